The summed E-state index contributed by atoms with van der Waals surface area (Å²) in [5.74, 6) is -1.66. The number of benzene rings is 3. The number of fused-ring (bicyclic) bond motifs is 1. The molecule has 1 atom stereocenters. The Morgan fingerprint density at radius 1 is 1.03 bits per heavy atom. The number of halogens is 6. The predicted molar refractivity (Wildman–Crippen MR) is 119 cm³/mol. The van der Waals surface area contributed by atoms with Crippen molar-refractivity contribution in [3.05, 3.63) is 86.6 Å². The molecular formula is C23H16Cl2F4N2O2. The number of anilines is 2. The number of nitrogen functional groups attached to an aromatic ring is 1. The van der Waals surface area contributed by atoms with Gasteiger partial charge in [-0.3, -0.25) is 4.79 Å². The van der Waals surface area contributed by atoms with Gasteiger partial charge in [-0.2, -0.15) is 13.2 Å². The van der Waals surface area contributed by atoms with Gasteiger partial charge >= 0.3 is 6.18 Å². The molecule has 33 heavy (non-hydrogen) atoms. The summed E-state index contributed by atoms with van der Waals surface area (Å²) in [5.41, 5.74) is 5.74. The molecule has 0 fully saturated rings. The summed E-state index contributed by atoms with van der Waals surface area (Å²) < 4.78 is 60.0. The van der Waals surface area contributed by atoms with Crippen molar-refractivity contribution in [3.63, 3.8) is 0 Å². The third kappa shape index (κ3) is 4.72. The van der Waals surface area contributed by atoms with Crippen molar-refractivity contribution in [2.24, 2.45) is 0 Å². The molecule has 1 aliphatic heterocycles. The monoisotopic (exact) mass is 498 g/mol. The molecule has 3 aromatic carbocycles. The maximum absolute atomic E-state index is 13.7. The van der Waals surface area contributed by atoms with Crippen molar-refractivity contribution in [2.45, 2.75) is 18.5 Å². The fourth-order valence-corrected chi connectivity index (χ4v) is 4.23. The minimum absolute atomic E-state index is 0.0527. The Morgan fingerprint density at radius 2 is 1.79 bits per heavy atom. The summed E-state index contributed by atoms with van der Waals surface area (Å²) in [5, 5.41) is 2.21. The molecule has 1 amide bonds. The Morgan fingerprint density at radius 3 is 2.48 bits per heavy atom. The van der Waals surface area contributed by atoms with E-state index in [1.54, 1.807) is 0 Å². The lowest BCUT2D eigenvalue weighted by Gasteiger charge is -2.28. The molecule has 1 heterocycles. The van der Waals surface area contributed by atoms with Gasteiger partial charge in [0, 0.05) is 28.8 Å². The summed E-state index contributed by atoms with van der Waals surface area (Å²) in [6.07, 6.45) is -4.45. The zero-order valence-corrected chi connectivity index (χ0v) is 18.3. The molecule has 4 rings (SSSR count). The van der Waals surface area contributed by atoms with Crippen LogP contribution in [0.5, 0.6) is 5.75 Å². The van der Waals surface area contributed by atoms with Gasteiger partial charge in [-0.15, -0.1) is 0 Å². The van der Waals surface area contributed by atoms with E-state index in [1.165, 1.54) is 30.3 Å². The van der Waals surface area contributed by atoms with Gasteiger partial charge in [-0.25, -0.2) is 4.39 Å². The summed E-state index contributed by atoms with van der Waals surface area (Å²) in [4.78, 5) is 13.1. The van der Waals surface area contributed by atoms with E-state index in [4.69, 9.17) is 33.7 Å². The van der Waals surface area contributed by atoms with Gasteiger partial charge in [0.2, 0.25) is 0 Å². The molecular weight excluding hydrogens is 483 g/mol. The van der Waals surface area contributed by atoms with Gasteiger partial charge in [0.15, 0.2) is 0 Å². The molecule has 1 aliphatic rings. The number of nitrogens with one attached hydrogen (secondary N) is 1. The Hall–Kier alpha value is -2.97. The van der Waals surface area contributed by atoms with Crippen molar-refractivity contribution >= 4 is 40.5 Å². The lowest BCUT2D eigenvalue weighted by atomic mass is 9.83. The topological polar surface area (TPSA) is 64.3 Å². The smallest absolute Gasteiger partial charge is 0.417 e. The first-order valence-corrected chi connectivity index (χ1v) is 10.5. The summed E-state index contributed by atoms with van der Waals surface area (Å²) in [6.45, 7) is 0.139. The van der Waals surface area contributed by atoms with Crippen LogP contribution in [0.1, 0.15) is 39.4 Å². The Labute approximate surface area is 196 Å². The molecule has 3 N–H and O–H groups in total. The molecule has 4 nitrogen and oxygen atoms in total. The standard InChI is InChI=1S/C23H16Cl2F4N2O2/c24-18-10-16(22(32)31-12-2-4-20(30)19(25)8-12)15(9-17(18)23(27,28)29)13-5-6-33-21-7-11(26)1-3-14(13)21/h1-4,7-10,13H,5-6,30H2,(H,31,32). The number of hydrogen-bond donors (Lipinski definition) is 2. The van der Waals surface area contributed by atoms with E-state index in [1.807, 2.05) is 0 Å². The summed E-state index contributed by atoms with van der Waals surface area (Å²) in [7, 11) is 0. The lowest BCUT2D eigenvalue weighted by molar-refractivity contribution is -0.137. The van der Waals surface area contributed by atoms with Crippen LogP contribution in [0.3, 0.4) is 0 Å². The van der Waals surface area contributed by atoms with Crippen LogP contribution in [0.4, 0.5) is 28.9 Å². The molecule has 0 saturated carbocycles. The maximum atomic E-state index is 13.7. The Kier molecular flexibility index (Phi) is 6.16. The van der Waals surface area contributed by atoms with Crippen LogP contribution in [0.15, 0.2) is 48.5 Å². The van der Waals surface area contributed by atoms with Gasteiger partial charge in [0.05, 0.1) is 27.9 Å². The highest BCUT2D eigenvalue weighted by Gasteiger charge is 2.37. The normalized spacial score (nSPS) is 15.5. The largest absolute Gasteiger partial charge is 0.493 e. The number of carbonyl (C=O) groups is 1. The summed E-state index contributed by atoms with van der Waals surface area (Å²) in [6, 6.07) is 10.1. The molecule has 172 valence electrons. The van der Waals surface area contributed by atoms with Crippen molar-refractivity contribution in [1.29, 1.82) is 0 Å². The molecule has 0 aliphatic carbocycles. The second-order valence-corrected chi connectivity index (χ2v) is 8.29. The van der Waals surface area contributed by atoms with Gasteiger partial charge in [-0.1, -0.05) is 29.3 Å². The van der Waals surface area contributed by atoms with E-state index in [-0.39, 0.29) is 34.9 Å². The van der Waals surface area contributed by atoms with E-state index < -0.39 is 34.4 Å². The zero-order chi connectivity index (χ0) is 23.9. The average molecular weight is 499 g/mol. The van der Waals surface area contributed by atoms with E-state index in [2.05, 4.69) is 5.32 Å². The number of amides is 1. The van der Waals surface area contributed by atoms with E-state index in [0.29, 0.717) is 16.9 Å². The van der Waals surface area contributed by atoms with Gasteiger partial charge in [-0.05, 0) is 48.4 Å². The fourth-order valence-electron chi connectivity index (χ4n) is 3.78. The van der Waals surface area contributed by atoms with Gasteiger partial charge in [0.1, 0.15) is 11.6 Å². The van der Waals surface area contributed by atoms with Crippen molar-refractivity contribution in [1.82, 2.24) is 0 Å². The Balaban J connectivity index is 1.83. The van der Waals surface area contributed by atoms with Crippen molar-refractivity contribution in [3.8, 4) is 5.75 Å². The molecule has 0 bridgehead atoms. The highest BCUT2D eigenvalue weighted by Crippen LogP contribution is 2.44. The molecule has 10 heteroatoms. The first kappa shape index (κ1) is 23.2. The van der Waals surface area contributed by atoms with E-state index in [9.17, 15) is 22.4 Å². The maximum Gasteiger partial charge on any atom is 0.417 e. The van der Waals surface area contributed by atoms with E-state index in [0.717, 1.165) is 18.2 Å². The zero-order valence-electron chi connectivity index (χ0n) is 16.8. The molecule has 0 spiro atoms. The number of alkyl halides is 3. The fraction of sp³-hybridized carbons (Fsp3) is 0.174. The molecule has 0 saturated heterocycles. The van der Waals surface area contributed by atoms with Crippen LogP contribution in [0.2, 0.25) is 10.0 Å². The van der Waals surface area contributed by atoms with E-state index >= 15 is 0 Å². The third-order valence-electron chi connectivity index (χ3n) is 5.34. The number of carbonyl (C=O) groups excluding carboxylic acids is 1. The average Bonchev–Trinajstić information content (AvgIpc) is 2.74. The highest BCUT2D eigenvalue weighted by molar-refractivity contribution is 6.33. The van der Waals surface area contributed by atoms with Gasteiger partial charge in [0.25, 0.3) is 5.91 Å². The van der Waals surface area contributed by atoms with Crippen molar-refractivity contribution < 1.29 is 27.1 Å². The quantitative estimate of drug-likeness (QED) is 0.305. The molecule has 3 aromatic rings. The Bertz CT molecular complexity index is 1250. The van der Waals surface area contributed by atoms with Crippen molar-refractivity contribution in [2.75, 3.05) is 17.7 Å². The van der Waals surface area contributed by atoms with Crippen LogP contribution in [-0.2, 0) is 6.18 Å². The number of ether oxygens (including phenoxy) is 1. The molecule has 1 unspecified atom stereocenters. The SMILES string of the molecule is Nc1ccc(NC(=O)c2cc(Cl)c(C(F)(F)F)cc2C2CCOc3cc(F)ccc32)cc1Cl. The lowest BCUT2D eigenvalue weighted by Crippen LogP contribution is -2.22. The van der Waals surface area contributed by atoms with Crippen LogP contribution >= 0.6 is 23.2 Å². The number of rotatable bonds is 3. The second-order valence-electron chi connectivity index (χ2n) is 7.48. The predicted octanol–water partition coefficient (Wildman–Crippen LogP) is 6.90. The first-order valence-electron chi connectivity index (χ1n) is 9.74. The highest BCUT2D eigenvalue weighted by atomic mass is 35.5. The van der Waals surface area contributed by atoms with Crippen LogP contribution < -0.4 is 15.8 Å². The number of nitrogens with two attached hydrogens (primary N) is 1. The second kappa shape index (κ2) is 8.76. The van der Waals surface area contributed by atoms with Crippen LogP contribution in [-0.4, -0.2) is 12.5 Å². The third-order valence-corrected chi connectivity index (χ3v) is 5.98. The van der Waals surface area contributed by atoms with Crippen LogP contribution in [0.25, 0.3) is 0 Å². The van der Waals surface area contributed by atoms with Gasteiger partial charge < -0.3 is 15.8 Å². The number of hydrogen-bond acceptors (Lipinski definition) is 3. The minimum Gasteiger partial charge on any atom is -0.493 e. The molecule has 0 aromatic heterocycles. The minimum atomic E-state index is -4.73. The summed E-state index contributed by atoms with van der Waals surface area (Å²) >= 11 is 11.9. The first-order chi connectivity index (χ1) is 15.5. The molecule has 0 radical (unpaired) electrons. The van der Waals surface area contributed by atoms with Crippen LogP contribution in [0, 0.1) is 5.82 Å².